The molecule has 19 heavy (non-hydrogen) atoms. The minimum absolute atomic E-state index is 0.337. The average molecular weight is 278 g/mol. The molecule has 1 heterocycles. The lowest BCUT2D eigenvalue weighted by atomic mass is 9.97. The lowest BCUT2D eigenvalue weighted by Gasteiger charge is -2.42. The topological polar surface area (TPSA) is 29.3 Å². The van der Waals surface area contributed by atoms with Gasteiger partial charge in [0.15, 0.2) is 0 Å². The predicted octanol–water partition coefficient (Wildman–Crippen LogP) is 3.13. The van der Waals surface area contributed by atoms with Crippen LogP contribution in [0.5, 0.6) is 0 Å². The summed E-state index contributed by atoms with van der Waals surface area (Å²) in [5.41, 5.74) is 10.2. The number of hydrogen-bond donors (Lipinski definition) is 1. The van der Waals surface area contributed by atoms with Gasteiger partial charge in [-0.2, -0.15) is 11.8 Å². The van der Waals surface area contributed by atoms with E-state index in [9.17, 15) is 0 Å². The molecule has 106 valence electrons. The zero-order valence-electron chi connectivity index (χ0n) is 12.6. The van der Waals surface area contributed by atoms with Crippen molar-refractivity contribution >= 4 is 11.8 Å². The van der Waals surface area contributed by atoms with Crippen LogP contribution in [0.25, 0.3) is 0 Å². The number of aryl methyl sites for hydroxylation is 2. The molecular weight excluding hydrogens is 252 g/mol. The van der Waals surface area contributed by atoms with Gasteiger partial charge >= 0.3 is 0 Å². The first kappa shape index (κ1) is 14.9. The molecule has 1 aliphatic rings. The average Bonchev–Trinajstić information content (AvgIpc) is 2.33. The number of rotatable bonds is 3. The van der Waals surface area contributed by atoms with Crippen molar-refractivity contribution < 1.29 is 0 Å². The Morgan fingerprint density at radius 1 is 1.37 bits per heavy atom. The van der Waals surface area contributed by atoms with E-state index in [-0.39, 0.29) is 0 Å². The fraction of sp³-hybridized carbons (Fsp3) is 0.625. The molecule has 0 radical (unpaired) electrons. The largest absolute Gasteiger partial charge is 0.329 e. The lowest BCUT2D eigenvalue weighted by Crippen LogP contribution is -2.46. The van der Waals surface area contributed by atoms with E-state index < -0.39 is 0 Å². The fourth-order valence-corrected chi connectivity index (χ4v) is 4.05. The highest BCUT2D eigenvalue weighted by Crippen LogP contribution is 2.34. The van der Waals surface area contributed by atoms with Crippen molar-refractivity contribution in [2.45, 2.75) is 38.5 Å². The molecule has 1 aromatic rings. The summed E-state index contributed by atoms with van der Waals surface area (Å²) in [7, 11) is 0. The Bertz CT molecular complexity index is 442. The van der Waals surface area contributed by atoms with Gasteiger partial charge in [0.05, 0.1) is 0 Å². The smallest absolute Gasteiger partial charge is 0.0474 e. The zero-order valence-corrected chi connectivity index (χ0v) is 13.4. The molecule has 0 bridgehead atoms. The van der Waals surface area contributed by atoms with Crippen LogP contribution in [-0.4, -0.2) is 35.0 Å². The van der Waals surface area contributed by atoms with Gasteiger partial charge in [-0.1, -0.05) is 23.8 Å². The van der Waals surface area contributed by atoms with Gasteiger partial charge in [0.2, 0.25) is 0 Å². The molecule has 0 aromatic heterocycles. The first-order valence-electron chi connectivity index (χ1n) is 7.08. The van der Waals surface area contributed by atoms with Crippen molar-refractivity contribution in [2.24, 2.45) is 5.73 Å². The SMILES string of the molecule is Cc1ccc(C)c(C(CN)N2CCSC(C)(C)C2)c1. The van der Waals surface area contributed by atoms with E-state index in [1.54, 1.807) is 0 Å². The predicted molar refractivity (Wildman–Crippen MR) is 85.8 cm³/mol. The van der Waals surface area contributed by atoms with Gasteiger partial charge in [-0.3, -0.25) is 4.90 Å². The minimum Gasteiger partial charge on any atom is -0.329 e. The van der Waals surface area contributed by atoms with Crippen molar-refractivity contribution in [1.29, 1.82) is 0 Å². The molecule has 1 aliphatic heterocycles. The molecule has 0 spiro atoms. The molecular formula is C16H26N2S. The standard InChI is InChI=1S/C16H26N2S/c1-12-5-6-13(2)14(9-12)15(10-17)18-7-8-19-16(3,4)11-18/h5-6,9,15H,7-8,10-11,17H2,1-4H3. The molecule has 1 fully saturated rings. The number of nitrogens with zero attached hydrogens (tertiary/aromatic N) is 1. The second kappa shape index (κ2) is 5.86. The maximum Gasteiger partial charge on any atom is 0.0474 e. The van der Waals surface area contributed by atoms with Crippen molar-refractivity contribution in [3.8, 4) is 0 Å². The van der Waals surface area contributed by atoms with Crippen LogP contribution in [0.2, 0.25) is 0 Å². The van der Waals surface area contributed by atoms with Crippen LogP contribution >= 0.6 is 11.8 Å². The maximum atomic E-state index is 6.09. The molecule has 2 rings (SSSR count). The molecule has 1 atom stereocenters. The molecule has 0 amide bonds. The second-order valence-electron chi connectivity index (χ2n) is 6.19. The number of benzene rings is 1. The third kappa shape index (κ3) is 3.53. The first-order valence-corrected chi connectivity index (χ1v) is 8.07. The van der Waals surface area contributed by atoms with E-state index >= 15 is 0 Å². The summed E-state index contributed by atoms with van der Waals surface area (Å²) in [5, 5.41) is 0. The van der Waals surface area contributed by atoms with Gasteiger partial charge < -0.3 is 5.73 Å². The van der Waals surface area contributed by atoms with Crippen LogP contribution < -0.4 is 5.73 Å². The Balaban J connectivity index is 2.26. The summed E-state index contributed by atoms with van der Waals surface area (Å²) in [4.78, 5) is 2.57. The van der Waals surface area contributed by atoms with E-state index in [0.29, 0.717) is 17.3 Å². The third-order valence-corrected chi connectivity index (χ3v) is 5.21. The first-order chi connectivity index (χ1) is 8.93. The van der Waals surface area contributed by atoms with Crippen LogP contribution in [0.1, 0.15) is 36.6 Å². The monoisotopic (exact) mass is 278 g/mol. The molecule has 1 saturated heterocycles. The third-order valence-electron chi connectivity index (χ3n) is 3.91. The van der Waals surface area contributed by atoms with Crippen molar-refractivity contribution in [2.75, 3.05) is 25.4 Å². The van der Waals surface area contributed by atoms with E-state index in [1.807, 2.05) is 0 Å². The van der Waals surface area contributed by atoms with E-state index in [0.717, 1.165) is 13.1 Å². The van der Waals surface area contributed by atoms with Crippen molar-refractivity contribution in [1.82, 2.24) is 4.90 Å². The second-order valence-corrected chi connectivity index (χ2v) is 7.99. The lowest BCUT2D eigenvalue weighted by molar-refractivity contribution is 0.192. The van der Waals surface area contributed by atoms with Gasteiger partial charge in [-0.05, 0) is 38.8 Å². The maximum absolute atomic E-state index is 6.09. The van der Waals surface area contributed by atoms with Crippen LogP contribution in [0.3, 0.4) is 0 Å². The fourth-order valence-electron chi connectivity index (χ4n) is 2.91. The van der Waals surface area contributed by atoms with Gasteiger partial charge in [0.25, 0.3) is 0 Å². The van der Waals surface area contributed by atoms with E-state index in [4.69, 9.17) is 5.73 Å². The highest BCUT2D eigenvalue weighted by atomic mass is 32.2. The van der Waals surface area contributed by atoms with Crippen LogP contribution in [0, 0.1) is 13.8 Å². The molecule has 2 N–H and O–H groups in total. The Hall–Kier alpha value is -0.510. The van der Waals surface area contributed by atoms with Gasteiger partial charge in [0.1, 0.15) is 0 Å². The number of nitrogens with two attached hydrogens (primary N) is 1. The zero-order chi connectivity index (χ0) is 14.0. The van der Waals surface area contributed by atoms with Gasteiger partial charge in [0, 0.05) is 36.2 Å². The molecule has 3 heteroatoms. The van der Waals surface area contributed by atoms with Gasteiger partial charge in [-0.25, -0.2) is 0 Å². The molecule has 0 aliphatic carbocycles. The van der Waals surface area contributed by atoms with E-state index in [1.165, 1.54) is 22.4 Å². The Labute approximate surface area is 121 Å². The molecule has 2 nitrogen and oxygen atoms in total. The summed E-state index contributed by atoms with van der Waals surface area (Å²) in [5.74, 6) is 1.20. The van der Waals surface area contributed by atoms with E-state index in [2.05, 4.69) is 62.6 Å². The quantitative estimate of drug-likeness (QED) is 0.921. The Morgan fingerprint density at radius 2 is 2.11 bits per heavy atom. The Kier molecular flexibility index (Phi) is 4.59. The summed E-state index contributed by atoms with van der Waals surface area (Å²) < 4.78 is 0.337. The Morgan fingerprint density at radius 3 is 2.74 bits per heavy atom. The molecule has 1 unspecified atom stereocenters. The highest BCUT2D eigenvalue weighted by molar-refractivity contribution is 8.00. The summed E-state index contributed by atoms with van der Waals surface area (Å²) in [6, 6.07) is 7.07. The number of hydrogen-bond acceptors (Lipinski definition) is 3. The summed E-state index contributed by atoms with van der Waals surface area (Å²) in [6.45, 7) is 12.0. The summed E-state index contributed by atoms with van der Waals surface area (Å²) >= 11 is 2.07. The number of thioether (sulfide) groups is 1. The normalized spacial score (nSPS) is 21.3. The highest BCUT2D eigenvalue weighted by Gasteiger charge is 2.31. The van der Waals surface area contributed by atoms with Crippen LogP contribution in [0.4, 0.5) is 0 Å². The minimum atomic E-state index is 0.337. The van der Waals surface area contributed by atoms with Crippen molar-refractivity contribution in [3.05, 3.63) is 34.9 Å². The van der Waals surface area contributed by atoms with Gasteiger partial charge in [-0.15, -0.1) is 0 Å². The van der Waals surface area contributed by atoms with Crippen molar-refractivity contribution in [3.63, 3.8) is 0 Å². The molecule has 0 saturated carbocycles. The van der Waals surface area contributed by atoms with Crippen LogP contribution in [-0.2, 0) is 0 Å². The summed E-state index contributed by atoms with van der Waals surface area (Å²) in [6.07, 6.45) is 0. The molecule has 1 aromatic carbocycles. The van der Waals surface area contributed by atoms with Crippen LogP contribution in [0.15, 0.2) is 18.2 Å².